The molecule has 4 atom stereocenters. The number of nitrogens with two attached hydrogens (primary N) is 1. The normalized spacial score (nSPS) is 22.7. The highest BCUT2D eigenvalue weighted by Gasteiger charge is 2.35. The second-order valence-electron chi connectivity index (χ2n) is 9.68. The average Bonchev–Trinajstić information content (AvgIpc) is 3.47. The molecule has 2 aliphatic rings. The van der Waals surface area contributed by atoms with E-state index in [1.807, 2.05) is 25.1 Å². The minimum Gasteiger partial charge on any atom is -0.393 e. The molecule has 0 saturated heterocycles. The number of ether oxygens (including phenoxy) is 1. The van der Waals surface area contributed by atoms with Gasteiger partial charge < -0.3 is 15.2 Å². The molecule has 1 saturated carbocycles. The number of aliphatic hydroxyl groups excluding tert-OH is 1. The topological polar surface area (TPSA) is 178 Å². The zero-order valence-electron chi connectivity index (χ0n) is 21.0. The minimum absolute atomic E-state index is 0.229. The third kappa shape index (κ3) is 6.01. The number of aliphatic hydroxyl groups is 1. The van der Waals surface area contributed by atoms with Crippen molar-refractivity contribution in [3.63, 3.8) is 0 Å². The Labute approximate surface area is 229 Å². The summed E-state index contributed by atoms with van der Waals surface area (Å²) < 4.78 is 33.0. The van der Waals surface area contributed by atoms with Gasteiger partial charge >= 0.3 is 10.3 Å². The van der Waals surface area contributed by atoms with Crippen molar-refractivity contribution >= 4 is 33.2 Å². The lowest BCUT2D eigenvalue weighted by Gasteiger charge is -2.26. The lowest BCUT2D eigenvalue weighted by Crippen LogP contribution is -2.24. The number of thiophene rings is 1. The van der Waals surface area contributed by atoms with Gasteiger partial charge in [-0.25, -0.2) is 15.1 Å². The molecule has 1 aromatic carbocycles. The van der Waals surface area contributed by atoms with Gasteiger partial charge in [0.1, 0.15) is 18.2 Å². The number of fused-ring (bicyclic) bond motifs is 1. The van der Waals surface area contributed by atoms with E-state index in [2.05, 4.69) is 25.5 Å². The van der Waals surface area contributed by atoms with Crippen LogP contribution in [0.25, 0.3) is 0 Å². The van der Waals surface area contributed by atoms with Crippen molar-refractivity contribution in [3.05, 3.63) is 74.4 Å². The van der Waals surface area contributed by atoms with Gasteiger partial charge in [-0.2, -0.15) is 13.7 Å². The van der Waals surface area contributed by atoms with E-state index in [0.717, 1.165) is 28.0 Å². The first-order valence-corrected chi connectivity index (χ1v) is 14.6. The Morgan fingerprint density at radius 2 is 2.15 bits per heavy atom. The first kappa shape index (κ1) is 27.3. The predicted molar refractivity (Wildman–Crippen MR) is 142 cm³/mol. The predicted octanol–water partition coefficient (Wildman–Crippen LogP) is 2.38. The van der Waals surface area contributed by atoms with Gasteiger partial charge in [-0.05, 0) is 61.1 Å². The molecule has 0 spiro atoms. The number of anilines is 1. The molecule has 1 aliphatic carbocycles. The highest BCUT2D eigenvalue weighted by atomic mass is 32.2. The summed E-state index contributed by atoms with van der Waals surface area (Å²) in [7, 11) is -4.11. The maximum atomic E-state index is 13.6. The van der Waals surface area contributed by atoms with Crippen LogP contribution in [-0.4, -0.2) is 54.6 Å². The van der Waals surface area contributed by atoms with Crippen LogP contribution in [0.3, 0.4) is 0 Å². The number of nitriles is 1. The largest absolute Gasteiger partial charge is 0.393 e. The molecule has 4 N–H and O–H groups in total. The average molecular weight is 570 g/mol. The van der Waals surface area contributed by atoms with Crippen LogP contribution in [0.15, 0.2) is 36.8 Å². The molecular formula is C26H27N5O6S2. The van der Waals surface area contributed by atoms with Gasteiger partial charge in [-0.15, -0.1) is 11.3 Å². The summed E-state index contributed by atoms with van der Waals surface area (Å²) in [5.41, 5.74) is 3.77. The third-order valence-electron chi connectivity index (χ3n) is 7.08. The van der Waals surface area contributed by atoms with E-state index in [1.54, 1.807) is 6.07 Å². The van der Waals surface area contributed by atoms with E-state index in [4.69, 9.17) is 9.88 Å². The van der Waals surface area contributed by atoms with Gasteiger partial charge in [0, 0.05) is 23.0 Å². The van der Waals surface area contributed by atoms with Crippen LogP contribution >= 0.6 is 11.3 Å². The summed E-state index contributed by atoms with van der Waals surface area (Å²) in [6, 6.07) is 9.36. The number of hydrogen-bond acceptors (Lipinski definition) is 11. The first-order chi connectivity index (χ1) is 18.6. The third-order valence-corrected chi connectivity index (χ3v) is 8.61. The number of aryl methyl sites for hydroxylation is 1. The monoisotopic (exact) mass is 569 g/mol. The van der Waals surface area contributed by atoms with E-state index in [9.17, 15) is 23.6 Å². The zero-order valence-corrected chi connectivity index (χ0v) is 22.7. The Hall–Kier alpha value is -3.25. The fraction of sp³-hybridized carbons (Fsp3) is 0.385. The Morgan fingerprint density at radius 3 is 2.92 bits per heavy atom. The number of nitrogens with one attached hydrogen (secondary N) is 1. The second-order valence-corrected chi connectivity index (χ2v) is 12.2. The Bertz CT molecular complexity index is 1550. The van der Waals surface area contributed by atoms with E-state index in [-0.39, 0.29) is 30.1 Å². The van der Waals surface area contributed by atoms with E-state index >= 15 is 0 Å². The summed E-state index contributed by atoms with van der Waals surface area (Å²) in [6.45, 7) is 2.25. The molecule has 1 fully saturated rings. The van der Waals surface area contributed by atoms with Crippen molar-refractivity contribution in [2.75, 3.05) is 18.5 Å². The summed E-state index contributed by atoms with van der Waals surface area (Å²) in [4.78, 5) is 23.4. The van der Waals surface area contributed by atoms with Crippen LogP contribution in [0.1, 0.15) is 61.3 Å². The van der Waals surface area contributed by atoms with Crippen LogP contribution in [0.4, 0.5) is 5.82 Å². The Morgan fingerprint density at radius 1 is 1.33 bits per heavy atom. The maximum absolute atomic E-state index is 13.6. The number of rotatable bonds is 8. The molecule has 3 heterocycles. The quantitative estimate of drug-likeness (QED) is 0.341. The number of carbonyl (C=O) groups is 1. The molecule has 0 radical (unpaired) electrons. The highest BCUT2D eigenvalue weighted by Crippen LogP contribution is 2.39. The number of nitrogens with zero attached hydrogens (tertiary/aromatic N) is 3. The molecule has 3 aromatic rings. The Balaban J connectivity index is 1.36. The summed E-state index contributed by atoms with van der Waals surface area (Å²) >= 11 is 1.35. The molecule has 204 valence electrons. The highest BCUT2D eigenvalue weighted by molar-refractivity contribution is 7.84. The minimum atomic E-state index is -4.11. The Kier molecular flexibility index (Phi) is 7.77. The van der Waals surface area contributed by atoms with Gasteiger partial charge in [-0.3, -0.25) is 8.98 Å². The van der Waals surface area contributed by atoms with Crippen molar-refractivity contribution in [3.8, 4) is 6.07 Å². The number of carbonyl (C=O) groups excluding carboxylic acids is 1. The van der Waals surface area contributed by atoms with Crippen molar-refractivity contribution in [2.24, 2.45) is 11.1 Å². The fourth-order valence-corrected chi connectivity index (χ4v) is 6.52. The molecule has 13 heteroatoms. The van der Waals surface area contributed by atoms with Crippen molar-refractivity contribution in [2.45, 2.75) is 44.4 Å². The number of benzene rings is 1. The molecule has 1 aliphatic heterocycles. The number of hydrogen-bond donors (Lipinski definition) is 3. The molecule has 5 rings (SSSR count). The van der Waals surface area contributed by atoms with Gasteiger partial charge in [0.2, 0.25) is 5.78 Å². The van der Waals surface area contributed by atoms with Gasteiger partial charge in [0.25, 0.3) is 0 Å². The number of ketones is 1. The van der Waals surface area contributed by atoms with Crippen LogP contribution in [-0.2, 0) is 25.6 Å². The van der Waals surface area contributed by atoms with Crippen molar-refractivity contribution in [1.29, 1.82) is 5.26 Å². The van der Waals surface area contributed by atoms with Gasteiger partial charge in [0.15, 0.2) is 0 Å². The fourth-order valence-electron chi connectivity index (χ4n) is 5.16. The van der Waals surface area contributed by atoms with Crippen molar-refractivity contribution in [1.82, 2.24) is 9.97 Å². The molecule has 0 amide bonds. The lowest BCUT2D eigenvalue weighted by atomic mass is 9.91. The van der Waals surface area contributed by atoms with Crippen LogP contribution in [0.5, 0.6) is 0 Å². The molecule has 39 heavy (non-hydrogen) atoms. The summed E-state index contributed by atoms with van der Waals surface area (Å²) in [5, 5.41) is 27.8. The van der Waals surface area contributed by atoms with Crippen LogP contribution < -0.4 is 10.5 Å². The first-order valence-electron chi connectivity index (χ1n) is 12.3. The standard InChI is InChI=1S/C26H27N5O6S2/c1-14-19(25-20-6-15(10-27)2-3-16(20)4-5-36-25)9-23(38-14)24(33)21-11-29-13-30-26(21)31-18-7-17(22(32)8-18)12-37-39(28,34)35/h2-3,6,9,11,13,17-18,22,25,32H,4-5,7-8,12H2,1H3,(H2,28,34,35)(H,29,30,31)/t17-,18-,22+,25?/m1/s1. The van der Waals surface area contributed by atoms with E-state index in [0.29, 0.717) is 35.7 Å². The molecule has 11 nitrogen and oxygen atoms in total. The lowest BCUT2D eigenvalue weighted by molar-refractivity contribution is 0.0697. The van der Waals surface area contributed by atoms with Crippen LogP contribution in [0.2, 0.25) is 0 Å². The van der Waals surface area contributed by atoms with Gasteiger partial charge in [-0.1, -0.05) is 6.07 Å². The molecule has 2 aromatic heterocycles. The zero-order chi connectivity index (χ0) is 27.7. The van der Waals surface area contributed by atoms with Crippen molar-refractivity contribution < 1.29 is 27.2 Å². The van der Waals surface area contributed by atoms with Gasteiger partial charge in [0.05, 0.1) is 41.4 Å². The number of aromatic nitrogens is 2. The molecule has 1 unspecified atom stereocenters. The smallest absolute Gasteiger partial charge is 0.333 e. The second kappa shape index (κ2) is 11.1. The SMILES string of the molecule is Cc1sc(C(=O)c2cncnc2N[C@@H]2C[C@H](COS(N)(=O)=O)[C@@H](O)C2)cc1C1OCCc2ccc(C#N)cc21. The molecular weight excluding hydrogens is 542 g/mol. The van der Waals surface area contributed by atoms with E-state index < -0.39 is 22.3 Å². The summed E-state index contributed by atoms with van der Waals surface area (Å²) in [5.74, 6) is -0.373. The summed E-state index contributed by atoms with van der Waals surface area (Å²) in [6.07, 6.45) is 3.09. The van der Waals surface area contributed by atoms with Crippen LogP contribution in [0, 0.1) is 24.2 Å². The molecule has 0 bridgehead atoms. The van der Waals surface area contributed by atoms with E-state index in [1.165, 1.54) is 23.9 Å². The maximum Gasteiger partial charge on any atom is 0.333 e.